The third-order valence-electron chi connectivity index (χ3n) is 8.65. The van der Waals surface area contributed by atoms with Crippen LogP contribution in [-0.4, -0.2) is 43.2 Å². The summed E-state index contributed by atoms with van der Waals surface area (Å²) in [5.74, 6) is 2.15. The highest BCUT2D eigenvalue weighted by Crippen LogP contribution is 2.24. The molecule has 0 saturated carbocycles. The zero-order chi connectivity index (χ0) is 37.4. The highest BCUT2D eigenvalue weighted by atomic mass is 16.4. The molecule has 4 nitrogen and oxygen atoms in total. The molecule has 1 aromatic carbocycles. The molecule has 0 saturated heterocycles. The lowest BCUT2D eigenvalue weighted by Crippen LogP contribution is -2.18. The number of hydrogen-bond acceptors (Lipinski definition) is 3. The van der Waals surface area contributed by atoms with Crippen LogP contribution < -0.4 is 5.32 Å². The lowest BCUT2D eigenvalue weighted by Gasteiger charge is -2.20. The first-order valence-electron chi connectivity index (χ1n) is 20.3. The Kier molecular flexibility index (Phi) is 48.0. The number of aliphatic carboxylic acids is 1. The number of unbranched alkanes of at least 4 members (excludes halogenated alkanes) is 2. The summed E-state index contributed by atoms with van der Waals surface area (Å²) in [7, 11) is 4.20. The Balaban J connectivity index is -0.000000269. The normalized spacial score (nSPS) is 12.4. The molecule has 0 bridgehead atoms. The first kappa shape index (κ1) is 53.1. The van der Waals surface area contributed by atoms with Gasteiger partial charge in [0.15, 0.2) is 0 Å². The summed E-state index contributed by atoms with van der Waals surface area (Å²) in [5, 5.41) is 12.0. The molecule has 0 spiro atoms. The predicted molar refractivity (Wildman–Crippen MR) is 219 cm³/mol. The molecule has 3 atom stereocenters. The van der Waals surface area contributed by atoms with Gasteiger partial charge in [-0.25, -0.2) is 0 Å². The maximum atomic E-state index is 10.6. The van der Waals surface area contributed by atoms with E-state index in [0.29, 0.717) is 18.3 Å². The fourth-order valence-electron chi connectivity index (χ4n) is 5.66. The van der Waals surface area contributed by atoms with Crippen molar-refractivity contribution in [2.24, 2.45) is 23.7 Å². The van der Waals surface area contributed by atoms with Crippen LogP contribution in [0.25, 0.3) is 0 Å². The average Bonchev–Trinajstić information content (AvgIpc) is 3.08. The number of likely N-dealkylation sites (N-methyl/N-ethyl adjacent to an activating group) is 1. The van der Waals surface area contributed by atoms with E-state index in [0.717, 1.165) is 57.0 Å². The molecule has 0 heterocycles. The van der Waals surface area contributed by atoms with Crippen molar-refractivity contribution in [1.82, 2.24) is 10.2 Å². The summed E-state index contributed by atoms with van der Waals surface area (Å²) in [6, 6.07) is 10.6. The van der Waals surface area contributed by atoms with Gasteiger partial charge in [-0.3, -0.25) is 9.69 Å². The van der Waals surface area contributed by atoms with Crippen LogP contribution in [0.3, 0.4) is 0 Å². The van der Waals surface area contributed by atoms with Crippen LogP contribution in [0.5, 0.6) is 0 Å². The molecule has 2 N–H and O–H groups in total. The molecule has 0 aliphatic rings. The first-order valence-corrected chi connectivity index (χ1v) is 20.3. The molecule has 0 radical (unpaired) electrons. The number of nitrogens with zero attached hydrogens (tertiary/aromatic N) is 1. The highest BCUT2D eigenvalue weighted by Gasteiger charge is 2.18. The second-order valence-corrected chi connectivity index (χ2v) is 13.5. The van der Waals surface area contributed by atoms with Gasteiger partial charge in [-0.1, -0.05) is 183 Å². The molecule has 4 heteroatoms. The maximum Gasteiger partial charge on any atom is 0.303 e. The molecule has 48 heavy (non-hydrogen) atoms. The minimum atomic E-state index is -0.651. The number of allylic oxidation sites excluding steroid dienone is 1. The van der Waals surface area contributed by atoms with Crippen molar-refractivity contribution >= 4 is 5.97 Å². The lowest BCUT2D eigenvalue weighted by molar-refractivity contribution is -0.138. The van der Waals surface area contributed by atoms with E-state index in [-0.39, 0.29) is 0 Å². The lowest BCUT2D eigenvalue weighted by atomic mass is 9.85. The molecule has 2 unspecified atom stereocenters. The third-order valence-corrected chi connectivity index (χ3v) is 8.65. The van der Waals surface area contributed by atoms with Crippen LogP contribution in [0, 0.1) is 23.7 Å². The zero-order valence-electron chi connectivity index (χ0n) is 34.9. The molecule has 0 fully saturated rings. The Morgan fingerprint density at radius 1 is 0.792 bits per heavy atom. The van der Waals surface area contributed by atoms with Gasteiger partial charge in [0.25, 0.3) is 0 Å². The van der Waals surface area contributed by atoms with Crippen molar-refractivity contribution in [3.05, 3.63) is 48.0 Å². The smallest absolute Gasteiger partial charge is 0.303 e. The quantitative estimate of drug-likeness (QED) is 0.113. The van der Waals surface area contributed by atoms with Crippen molar-refractivity contribution < 1.29 is 9.90 Å². The van der Waals surface area contributed by atoms with Gasteiger partial charge >= 0.3 is 5.97 Å². The van der Waals surface area contributed by atoms with Crippen LogP contribution in [-0.2, 0) is 11.3 Å². The van der Waals surface area contributed by atoms with E-state index in [1.165, 1.54) is 69.9 Å². The topological polar surface area (TPSA) is 52.6 Å². The minimum Gasteiger partial charge on any atom is -0.481 e. The van der Waals surface area contributed by atoms with Crippen LogP contribution >= 0.6 is 0 Å². The van der Waals surface area contributed by atoms with Crippen LogP contribution in [0.4, 0.5) is 0 Å². The van der Waals surface area contributed by atoms with Crippen LogP contribution in [0.2, 0.25) is 0 Å². The van der Waals surface area contributed by atoms with Crippen LogP contribution in [0.15, 0.2) is 42.5 Å². The highest BCUT2D eigenvalue weighted by molar-refractivity contribution is 5.67. The Morgan fingerprint density at radius 2 is 1.33 bits per heavy atom. The second kappa shape index (κ2) is 43.4. The summed E-state index contributed by atoms with van der Waals surface area (Å²) in [4.78, 5) is 12.9. The Morgan fingerprint density at radius 3 is 1.77 bits per heavy atom. The number of rotatable bonds is 23. The summed E-state index contributed by atoms with van der Waals surface area (Å²) in [6.45, 7) is 27.2. The zero-order valence-corrected chi connectivity index (χ0v) is 34.9. The second-order valence-electron chi connectivity index (χ2n) is 13.5. The molecule has 1 aromatic rings. The third kappa shape index (κ3) is 40.5. The van der Waals surface area contributed by atoms with Gasteiger partial charge in [0.05, 0.1) is 0 Å². The fraction of sp³-hybridized carbons (Fsp3) is 0.795. The molecular weight excluding hydrogens is 588 g/mol. The molecule has 0 amide bonds. The SMILES string of the molecule is CC.CC/C=C\CN(C)Cc1ccccc1.CCCC(C)CCC.CCCCC(CCC)CNC.CCCC[C@H](CC(=O)O)C(C)CC. The number of carbonyl (C=O) groups is 1. The fourth-order valence-corrected chi connectivity index (χ4v) is 5.66. The summed E-state index contributed by atoms with van der Waals surface area (Å²) in [6.07, 6.45) is 22.7. The van der Waals surface area contributed by atoms with Crippen molar-refractivity contribution in [1.29, 1.82) is 0 Å². The van der Waals surface area contributed by atoms with Gasteiger partial charge in [-0.2, -0.15) is 0 Å². The number of carboxylic acid groups (broad SMARTS) is 1. The minimum absolute atomic E-state index is 0.342. The van der Waals surface area contributed by atoms with E-state index < -0.39 is 5.97 Å². The largest absolute Gasteiger partial charge is 0.481 e. The number of hydrogen-bond donors (Lipinski definition) is 2. The Bertz CT molecular complexity index is 740. The molecule has 0 aromatic heterocycles. The van der Waals surface area contributed by atoms with E-state index in [9.17, 15) is 4.79 Å². The predicted octanol–water partition coefficient (Wildman–Crippen LogP) is 13.5. The van der Waals surface area contributed by atoms with Gasteiger partial charge < -0.3 is 10.4 Å². The number of nitrogens with one attached hydrogen (secondary N) is 1. The van der Waals surface area contributed by atoms with E-state index in [1.807, 2.05) is 13.8 Å². The van der Waals surface area contributed by atoms with E-state index in [4.69, 9.17) is 5.11 Å². The van der Waals surface area contributed by atoms with Crippen molar-refractivity contribution in [2.45, 2.75) is 179 Å². The van der Waals surface area contributed by atoms with E-state index in [2.05, 4.69) is 129 Å². The maximum absolute atomic E-state index is 10.6. The average molecular weight is 677 g/mol. The van der Waals surface area contributed by atoms with Gasteiger partial charge in [-0.15, -0.1) is 0 Å². The molecular formula is C44H88N2O2. The van der Waals surface area contributed by atoms with Crippen molar-refractivity contribution in [3.63, 3.8) is 0 Å². The van der Waals surface area contributed by atoms with Gasteiger partial charge in [0.1, 0.15) is 0 Å². The monoisotopic (exact) mass is 677 g/mol. The van der Waals surface area contributed by atoms with E-state index in [1.54, 1.807) is 0 Å². The van der Waals surface area contributed by atoms with Crippen molar-refractivity contribution in [2.75, 3.05) is 27.2 Å². The summed E-state index contributed by atoms with van der Waals surface area (Å²) in [5.41, 5.74) is 1.37. The number of benzene rings is 1. The van der Waals surface area contributed by atoms with Gasteiger partial charge in [-0.05, 0) is 75.6 Å². The van der Waals surface area contributed by atoms with E-state index >= 15 is 0 Å². The van der Waals surface area contributed by atoms with Gasteiger partial charge in [0.2, 0.25) is 0 Å². The molecule has 1 rings (SSSR count). The molecule has 0 aliphatic carbocycles. The Labute approximate surface area is 303 Å². The van der Waals surface area contributed by atoms with Gasteiger partial charge in [0, 0.05) is 19.5 Å². The molecule has 0 aliphatic heterocycles. The number of carboxylic acids is 1. The summed E-state index contributed by atoms with van der Waals surface area (Å²) < 4.78 is 0. The van der Waals surface area contributed by atoms with Crippen LogP contribution in [0.1, 0.15) is 178 Å². The first-order chi connectivity index (χ1) is 23.1. The summed E-state index contributed by atoms with van der Waals surface area (Å²) >= 11 is 0. The standard InChI is InChI=1S/C13H19N.C11H22O2.C10H23N.C8H18.C2H6/c1-3-4-8-11-14(2)12-13-9-6-5-7-10-13;1-4-6-7-10(8-11(12)13)9(3)5-2;1-4-6-8-10(7-5-2)9-11-3;1-4-6-8(3)7-5-2;1-2/h4-10H,3,11-12H2,1-2H3;9-10H,4-8H2,1-3H3,(H,12,13);10-11H,4-9H2,1-3H3;8H,4-7H2,1-3H3;1-2H3/b8-4-;;;;/t;9?,10-;;;/m.1.../s1. The van der Waals surface area contributed by atoms with Crippen molar-refractivity contribution in [3.8, 4) is 0 Å². The Hall–Kier alpha value is -1.65. The molecule has 286 valence electrons.